The third kappa shape index (κ3) is 4.31. The highest BCUT2D eigenvalue weighted by Crippen LogP contribution is 2.48. The van der Waals surface area contributed by atoms with Gasteiger partial charge in [-0.25, -0.2) is 0 Å². The molecule has 160 valence electrons. The van der Waals surface area contributed by atoms with Crippen molar-refractivity contribution >= 4 is 15.8 Å². The van der Waals surface area contributed by atoms with Crippen molar-refractivity contribution < 1.29 is 35.4 Å². The number of nitro groups is 1. The molecule has 0 aromatic heterocycles. The average molecular weight is 443 g/mol. The van der Waals surface area contributed by atoms with E-state index in [0.717, 1.165) is 6.92 Å². The van der Waals surface area contributed by atoms with Gasteiger partial charge in [-0.15, -0.1) is 0 Å². The second kappa shape index (κ2) is 8.07. The Morgan fingerprint density at radius 3 is 2.33 bits per heavy atom. The van der Waals surface area contributed by atoms with E-state index in [1.54, 1.807) is 30.3 Å². The van der Waals surface area contributed by atoms with Gasteiger partial charge in [-0.1, -0.05) is 42.5 Å². The van der Waals surface area contributed by atoms with E-state index in [4.69, 9.17) is 4.74 Å². The van der Waals surface area contributed by atoms with Gasteiger partial charge < -0.3 is 8.92 Å². The van der Waals surface area contributed by atoms with Crippen LogP contribution in [0.5, 0.6) is 0 Å². The van der Waals surface area contributed by atoms with Gasteiger partial charge in [0, 0.05) is 18.1 Å². The molecule has 2 aromatic carbocycles. The zero-order chi connectivity index (χ0) is 22.1. The highest BCUT2D eigenvalue weighted by molar-refractivity contribution is 7.87. The molecule has 1 aliphatic rings. The molecule has 30 heavy (non-hydrogen) atoms. The van der Waals surface area contributed by atoms with Gasteiger partial charge in [0.1, 0.15) is 11.9 Å². The van der Waals surface area contributed by atoms with E-state index in [-0.39, 0.29) is 23.2 Å². The van der Waals surface area contributed by atoms with E-state index in [2.05, 4.69) is 4.18 Å². The fourth-order valence-corrected chi connectivity index (χ4v) is 3.73. The van der Waals surface area contributed by atoms with Crippen LogP contribution in [0.15, 0.2) is 65.9 Å². The van der Waals surface area contributed by atoms with Crippen LogP contribution in [0.1, 0.15) is 36.7 Å². The fraction of sp³-hybridized carbons (Fsp3) is 0.263. The van der Waals surface area contributed by atoms with Crippen LogP contribution in [0.3, 0.4) is 0 Å². The van der Waals surface area contributed by atoms with Crippen molar-refractivity contribution in [3.63, 3.8) is 0 Å². The molecule has 2 aromatic rings. The number of hydrogen-bond acceptors (Lipinski definition) is 6. The lowest BCUT2D eigenvalue weighted by Crippen LogP contribution is -2.25. The number of alkyl halides is 3. The van der Waals surface area contributed by atoms with Crippen molar-refractivity contribution in [2.45, 2.75) is 31.1 Å². The molecular formula is C19H16F3NO6S. The number of halogens is 3. The summed E-state index contributed by atoms with van der Waals surface area (Å²) < 4.78 is 71.4. The predicted octanol–water partition coefficient (Wildman–Crippen LogP) is 4.94. The molecule has 1 saturated heterocycles. The number of rotatable bonds is 5. The highest BCUT2D eigenvalue weighted by atomic mass is 32.2. The average Bonchev–Trinajstić information content (AvgIpc) is 3.13. The first-order valence-corrected chi connectivity index (χ1v) is 10.1. The molecule has 1 fully saturated rings. The Labute approximate surface area is 170 Å². The van der Waals surface area contributed by atoms with Gasteiger partial charge in [0.25, 0.3) is 5.69 Å². The number of hydrogen-bond donors (Lipinski definition) is 0. The number of ether oxygens (including phenoxy) is 1. The largest absolute Gasteiger partial charge is 0.534 e. The SMILES string of the molecule is CC(OS(=O)(=O)C(F)(F)F)=C1CC(c2ccccc2)OC1c1ccccc1[N+](=O)[O-]. The molecule has 11 heteroatoms. The summed E-state index contributed by atoms with van der Waals surface area (Å²) in [6.45, 7) is 1.07. The Hall–Kier alpha value is -2.92. The van der Waals surface area contributed by atoms with Crippen molar-refractivity contribution in [2.24, 2.45) is 0 Å². The van der Waals surface area contributed by atoms with E-state index >= 15 is 0 Å². The predicted molar refractivity (Wildman–Crippen MR) is 99.5 cm³/mol. The number of allylic oxidation sites excluding steroid dienone is 1. The summed E-state index contributed by atoms with van der Waals surface area (Å²) in [4.78, 5) is 10.8. The van der Waals surface area contributed by atoms with Gasteiger partial charge in [0.05, 0.1) is 16.6 Å². The normalized spacial score (nSPS) is 21.3. The Bertz CT molecular complexity index is 1080. The van der Waals surface area contributed by atoms with Crippen LogP contribution in [0.4, 0.5) is 18.9 Å². The number of nitro benzene ring substituents is 1. The van der Waals surface area contributed by atoms with Gasteiger partial charge in [-0.3, -0.25) is 10.1 Å². The zero-order valence-electron chi connectivity index (χ0n) is 15.5. The van der Waals surface area contributed by atoms with Crippen LogP contribution in [-0.4, -0.2) is 18.8 Å². The van der Waals surface area contributed by atoms with Gasteiger partial charge in [-0.05, 0) is 18.6 Å². The summed E-state index contributed by atoms with van der Waals surface area (Å²) in [6.07, 6.45) is -1.81. The topological polar surface area (TPSA) is 95.7 Å². The molecule has 1 heterocycles. The molecular weight excluding hydrogens is 427 g/mol. The molecule has 0 bridgehead atoms. The molecule has 0 N–H and O–H groups in total. The molecule has 7 nitrogen and oxygen atoms in total. The van der Waals surface area contributed by atoms with Gasteiger partial charge in [0.15, 0.2) is 0 Å². The first kappa shape index (κ1) is 21.8. The van der Waals surface area contributed by atoms with Crippen molar-refractivity contribution in [1.82, 2.24) is 0 Å². The summed E-state index contributed by atoms with van der Waals surface area (Å²) in [6, 6.07) is 14.3. The summed E-state index contributed by atoms with van der Waals surface area (Å²) in [5.74, 6) is -0.533. The molecule has 0 amide bonds. The Kier molecular flexibility index (Phi) is 5.86. The van der Waals surface area contributed by atoms with E-state index in [0.29, 0.717) is 5.56 Å². The molecule has 0 radical (unpaired) electrons. The maximum absolute atomic E-state index is 12.8. The molecule has 0 saturated carbocycles. The van der Waals surface area contributed by atoms with Crippen LogP contribution >= 0.6 is 0 Å². The maximum atomic E-state index is 12.8. The minimum atomic E-state index is -5.90. The minimum absolute atomic E-state index is 0.0000605. The molecule has 2 unspecified atom stereocenters. The van der Waals surface area contributed by atoms with Crippen LogP contribution in [0.25, 0.3) is 0 Å². The molecule has 0 aliphatic carbocycles. The Balaban J connectivity index is 2.09. The summed E-state index contributed by atoms with van der Waals surface area (Å²) in [7, 11) is -5.90. The van der Waals surface area contributed by atoms with Gasteiger partial charge in [0.2, 0.25) is 0 Å². The lowest BCUT2D eigenvalue weighted by molar-refractivity contribution is -0.386. The van der Waals surface area contributed by atoms with E-state index in [9.17, 15) is 31.7 Å². The first-order chi connectivity index (χ1) is 14.0. The van der Waals surface area contributed by atoms with Crippen LogP contribution in [-0.2, 0) is 19.0 Å². The highest BCUT2D eigenvalue weighted by Gasteiger charge is 2.49. The minimum Gasteiger partial charge on any atom is -0.381 e. The van der Waals surface area contributed by atoms with Crippen molar-refractivity contribution in [2.75, 3.05) is 0 Å². The van der Waals surface area contributed by atoms with Gasteiger partial charge >= 0.3 is 15.6 Å². The third-order valence-electron chi connectivity index (χ3n) is 4.58. The summed E-state index contributed by atoms with van der Waals surface area (Å²) >= 11 is 0. The molecule has 0 spiro atoms. The van der Waals surface area contributed by atoms with Crippen LogP contribution in [0, 0.1) is 10.1 Å². The quantitative estimate of drug-likeness (QED) is 0.214. The number of benzene rings is 2. The number of para-hydroxylation sites is 1. The lowest BCUT2D eigenvalue weighted by atomic mass is 9.96. The van der Waals surface area contributed by atoms with E-state index in [1.807, 2.05) is 0 Å². The fourth-order valence-electron chi connectivity index (χ4n) is 3.20. The standard InChI is InChI=1S/C19H16F3NO6S/c1-12(29-30(26,27)19(20,21)22)15-11-17(13-7-3-2-4-8-13)28-18(15)14-9-5-6-10-16(14)23(24)25/h2-10,17-18H,11H2,1H3. The Morgan fingerprint density at radius 1 is 1.13 bits per heavy atom. The molecule has 3 rings (SSSR count). The van der Waals surface area contributed by atoms with E-state index < -0.39 is 38.5 Å². The van der Waals surface area contributed by atoms with Crippen LogP contribution < -0.4 is 0 Å². The van der Waals surface area contributed by atoms with Crippen LogP contribution in [0.2, 0.25) is 0 Å². The number of nitrogens with zero attached hydrogens (tertiary/aromatic N) is 1. The molecule has 2 atom stereocenters. The summed E-state index contributed by atoms with van der Waals surface area (Å²) in [5, 5.41) is 11.4. The van der Waals surface area contributed by atoms with Crippen molar-refractivity contribution in [1.29, 1.82) is 0 Å². The van der Waals surface area contributed by atoms with Crippen molar-refractivity contribution in [3.05, 3.63) is 87.2 Å². The van der Waals surface area contributed by atoms with E-state index in [1.165, 1.54) is 24.3 Å². The monoisotopic (exact) mass is 443 g/mol. The Morgan fingerprint density at radius 2 is 1.73 bits per heavy atom. The summed E-state index contributed by atoms with van der Waals surface area (Å²) in [5.41, 5.74) is -5.07. The first-order valence-electron chi connectivity index (χ1n) is 8.65. The second-order valence-electron chi connectivity index (χ2n) is 6.50. The smallest absolute Gasteiger partial charge is 0.381 e. The zero-order valence-corrected chi connectivity index (χ0v) is 16.3. The second-order valence-corrected chi connectivity index (χ2v) is 8.04. The third-order valence-corrected chi connectivity index (χ3v) is 5.62. The van der Waals surface area contributed by atoms with Crippen molar-refractivity contribution in [3.8, 4) is 0 Å². The maximum Gasteiger partial charge on any atom is 0.534 e. The van der Waals surface area contributed by atoms with Gasteiger partial charge in [-0.2, -0.15) is 21.6 Å². The lowest BCUT2D eigenvalue weighted by Gasteiger charge is -2.17. The molecule has 1 aliphatic heterocycles.